The molecule has 2 atom stereocenters. The van der Waals surface area contributed by atoms with Crippen molar-refractivity contribution in [1.82, 2.24) is 4.67 Å². The highest BCUT2D eigenvalue weighted by atomic mass is 16.1. The van der Waals surface area contributed by atoms with Crippen LogP contribution in [0.1, 0.15) is 72.1 Å². The molecule has 0 rings (SSSR count). The zero-order chi connectivity index (χ0) is 15.2. The number of isocyanates is 2. The van der Waals surface area contributed by atoms with Crippen molar-refractivity contribution in [2.24, 2.45) is 10.9 Å². The second-order valence-electron chi connectivity index (χ2n) is 5.29. The monoisotopic (exact) mass is 279 g/mol. The van der Waals surface area contributed by atoms with Gasteiger partial charge in [-0.2, -0.15) is 0 Å². The van der Waals surface area contributed by atoms with Gasteiger partial charge in [-0.25, -0.2) is 9.79 Å². The summed E-state index contributed by atoms with van der Waals surface area (Å²) in [5.74, 6) is 0.693. The second kappa shape index (κ2) is 12.6. The van der Waals surface area contributed by atoms with E-state index in [0.29, 0.717) is 5.92 Å². The van der Waals surface area contributed by atoms with Crippen LogP contribution in [0.2, 0.25) is 0 Å². The SMILES string of the molecule is CCC(CCCC[C@H](CC)CC[C@H](C)N=C=O)=[N+]=C=O. The molecule has 0 aliphatic rings. The average molecular weight is 279 g/mol. The smallest absolute Gasteiger partial charge is 0.211 e. The Labute approximate surface area is 122 Å². The summed E-state index contributed by atoms with van der Waals surface area (Å²) < 4.78 is 3.72. The maximum atomic E-state index is 10.2. The van der Waals surface area contributed by atoms with E-state index in [-0.39, 0.29) is 6.04 Å². The van der Waals surface area contributed by atoms with Crippen LogP contribution >= 0.6 is 0 Å². The molecule has 4 nitrogen and oxygen atoms in total. The van der Waals surface area contributed by atoms with Crippen LogP contribution in [0, 0.1) is 5.92 Å². The van der Waals surface area contributed by atoms with Gasteiger partial charge in [0.1, 0.15) is 0 Å². The zero-order valence-electron chi connectivity index (χ0n) is 13.0. The quantitative estimate of drug-likeness (QED) is 0.252. The fourth-order valence-electron chi connectivity index (χ4n) is 2.32. The van der Waals surface area contributed by atoms with Crippen molar-refractivity contribution in [3.63, 3.8) is 0 Å². The molecule has 112 valence electrons. The third-order valence-corrected chi connectivity index (χ3v) is 3.78. The Hall–Kier alpha value is -1.46. The standard InChI is InChI=1S/C16H27N2O2/c1-4-15(11-10-14(3)17-12-19)8-6-7-9-16(5-2)18-13-20/h14-15H,4-11H2,1-3H3/q+1/t14-,15-/m0/s1. The Bertz CT molecular complexity index is 387. The van der Waals surface area contributed by atoms with Gasteiger partial charge < -0.3 is 0 Å². The fourth-order valence-corrected chi connectivity index (χ4v) is 2.32. The number of rotatable bonds is 11. The molecule has 20 heavy (non-hydrogen) atoms. The molecule has 0 bridgehead atoms. The van der Waals surface area contributed by atoms with E-state index in [2.05, 4.69) is 16.6 Å². The van der Waals surface area contributed by atoms with Crippen LogP contribution in [0.25, 0.3) is 0 Å². The molecule has 0 aliphatic heterocycles. The van der Waals surface area contributed by atoms with Crippen molar-refractivity contribution in [1.29, 1.82) is 0 Å². The van der Waals surface area contributed by atoms with E-state index in [4.69, 9.17) is 0 Å². The molecular weight excluding hydrogens is 252 g/mol. The molecule has 0 spiro atoms. The molecule has 0 aliphatic carbocycles. The van der Waals surface area contributed by atoms with Crippen LogP contribution in [0.5, 0.6) is 0 Å². The largest absolute Gasteiger partial charge is 0.567 e. The highest BCUT2D eigenvalue weighted by molar-refractivity contribution is 5.84. The molecule has 0 N–H and O–H groups in total. The van der Waals surface area contributed by atoms with Gasteiger partial charge in [-0.15, -0.1) is 4.79 Å². The highest BCUT2D eigenvalue weighted by Gasteiger charge is 2.11. The van der Waals surface area contributed by atoms with E-state index >= 15 is 0 Å². The predicted molar refractivity (Wildman–Crippen MR) is 82.2 cm³/mol. The van der Waals surface area contributed by atoms with Gasteiger partial charge in [0.25, 0.3) is 5.71 Å². The van der Waals surface area contributed by atoms with Crippen LogP contribution < -0.4 is 4.67 Å². The summed E-state index contributed by atoms with van der Waals surface area (Å²) in [6.45, 7) is 6.18. The third-order valence-electron chi connectivity index (χ3n) is 3.78. The first kappa shape index (κ1) is 18.5. The number of hydrogen-bond acceptors (Lipinski definition) is 3. The van der Waals surface area contributed by atoms with E-state index < -0.39 is 0 Å². The van der Waals surface area contributed by atoms with Crippen molar-refractivity contribution in [3.8, 4) is 0 Å². The van der Waals surface area contributed by atoms with Gasteiger partial charge in [-0.3, -0.25) is 0 Å². The molecule has 0 saturated carbocycles. The summed E-state index contributed by atoms with van der Waals surface area (Å²) in [5.41, 5.74) is 0.946. The van der Waals surface area contributed by atoms with Crippen LogP contribution in [0.15, 0.2) is 4.99 Å². The lowest BCUT2D eigenvalue weighted by Crippen LogP contribution is -2.06. The molecule has 0 aromatic carbocycles. The lowest BCUT2D eigenvalue weighted by molar-refractivity contribution is 0.394. The summed E-state index contributed by atoms with van der Waals surface area (Å²) in [4.78, 5) is 24.1. The van der Waals surface area contributed by atoms with Gasteiger partial charge in [0.05, 0.1) is 6.04 Å². The van der Waals surface area contributed by atoms with Crippen LogP contribution in [-0.4, -0.2) is 23.9 Å². The molecule has 0 aromatic rings. The number of hydrogen-bond donors (Lipinski definition) is 0. The van der Waals surface area contributed by atoms with Gasteiger partial charge in [-0.05, 0) is 32.1 Å². The first-order valence-corrected chi connectivity index (χ1v) is 7.67. The van der Waals surface area contributed by atoms with Crippen molar-refractivity contribution >= 4 is 17.9 Å². The number of nitrogens with zero attached hydrogens (tertiary/aromatic N) is 2. The van der Waals surface area contributed by atoms with Crippen molar-refractivity contribution in [3.05, 3.63) is 0 Å². The Balaban J connectivity index is 3.93. The molecule has 0 unspecified atom stereocenters. The minimum atomic E-state index is 0.0866. The van der Waals surface area contributed by atoms with Crippen LogP contribution in [0.4, 0.5) is 0 Å². The minimum absolute atomic E-state index is 0.0866. The van der Waals surface area contributed by atoms with Crippen molar-refractivity contribution in [2.45, 2.75) is 78.2 Å². The lowest BCUT2D eigenvalue weighted by atomic mass is 9.92. The van der Waals surface area contributed by atoms with E-state index in [0.717, 1.165) is 50.7 Å². The molecular formula is C16H27N2O2+. The van der Waals surface area contributed by atoms with Crippen LogP contribution in [-0.2, 0) is 9.59 Å². The number of carbonyl (C=O) groups excluding carboxylic acids is 2. The van der Waals surface area contributed by atoms with E-state index in [1.165, 1.54) is 6.42 Å². The summed E-state index contributed by atoms with van der Waals surface area (Å²) in [5, 5.41) is 0. The predicted octanol–water partition coefficient (Wildman–Crippen LogP) is 3.33. The molecule has 0 radical (unpaired) electrons. The van der Waals surface area contributed by atoms with Gasteiger partial charge in [0.2, 0.25) is 6.08 Å². The van der Waals surface area contributed by atoms with E-state index in [1.54, 1.807) is 12.2 Å². The highest BCUT2D eigenvalue weighted by Crippen LogP contribution is 2.20. The fraction of sp³-hybridized carbons (Fsp3) is 0.812. The Kier molecular flexibility index (Phi) is 11.7. The van der Waals surface area contributed by atoms with E-state index in [9.17, 15) is 9.59 Å². The minimum Gasteiger partial charge on any atom is -0.211 e. The molecule has 0 saturated heterocycles. The summed E-state index contributed by atoms with van der Waals surface area (Å²) in [6, 6.07) is 0.0866. The molecule has 0 aromatic heterocycles. The molecule has 4 heteroatoms. The topological polar surface area (TPSA) is 60.6 Å². The number of unbranched alkanes of at least 4 members (excludes halogenated alkanes) is 1. The molecule has 0 fully saturated rings. The van der Waals surface area contributed by atoms with Gasteiger partial charge in [-0.1, -0.05) is 33.1 Å². The second-order valence-corrected chi connectivity index (χ2v) is 5.29. The molecule has 0 heterocycles. The normalized spacial score (nSPS) is 12.8. The Morgan fingerprint density at radius 2 is 1.90 bits per heavy atom. The van der Waals surface area contributed by atoms with Gasteiger partial charge in [0, 0.05) is 17.5 Å². The van der Waals surface area contributed by atoms with Crippen LogP contribution in [0.3, 0.4) is 0 Å². The van der Waals surface area contributed by atoms with Gasteiger partial charge in [0.15, 0.2) is 0 Å². The first-order valence-electron chi connectivity index (χ1n) is 7.67. The van der Waals surface area contributed by atoms with Crippen molar-refractivity contribution < 1.29 is 9.59 Å². The maximum Gasteiger partial charge on any atom is 0.567 e. The van der Waals surface area contributed by atoms with E-state index in [1.807, 2.05) is 13.8 Å². The first-order chi connectivity index (χ1) is 9.67. The third kappa shape index (κ3) is 9.47. The maximum absolute atomic E-state index is 10.2. The molecule has 0 amide bonds. The summed E-state index contributed by atoms with van der Waals surface area (Å²) >= 11 is 0. The summed E-state index contributed by atoms with van der Waals surface area (Å²) in [6.07, 6.45) is 11.6. The van der Waals surface area contributed by atoms with Gasteiger partial charge >= 0.3 is 6.08 Å². The Morgan fingerprint density at radius 1 is 1.15 bits per heavy atom. The summed E-state index contributed by atoms with van der Waals surface area (Å²) in [7, 11) is 0. The van der Waals surface area contributed by atoms with Crippen molar-refractivity contribution in [2.75, 3.05) is 0 Å². The Morgan fingerprint density at radius 3 is 2.45 bits per heavy atom. The average Bonchev–Trinajstić information content (AvgIpc) is 2.45. The lowest BCUT2D eigenvalue weighted by Gasteiger charge is -2.15. The zero-order valence-corrected chi connectivity index (χ0v) is 13.0. The number of aliphatic imine (C=N–C) groups is 1.